The van der Waals surface area contributed by atoms with Gasteiger partial charge in [0.05, 0.1) is 0 Å². The lowest BCUT2D eigenvalue weighted by molar-refractivity contribution is -0.130. The van der Waals surface area contributed by atoms with Crippen LogP contribution in [0.1, 0.15) is 0 Å². The largest absolute Gasteiger partial charge is 0.466 e. The SMILES string of the molecule is CNC(COC=O)C(F)F. The maximum absolute atomic E-state index is 11.8. The van der Waals surface area contributed by atoms with Gasteiger partial charge in [-0.05, 0) is 7.05 Å². The Morgan fingerprint density at radius 2 is 2.30 bits per heavy atom. The van der Waals surface area contributed by atoms with Crippen LogP contribution >= 0.6 is 0 Å². The Kier molecular flexibility index (Phi) is 4.74. The van der Waals surface area contributed by atoms with Gasteiger partial charge in [0.2, 0.25) is 0 Å². The van der Waals surface area contributed by atoms with Crippen molar-refractivity contribution in [3.63, 3.8) is 0 Å². The Labute approximate surface area is 57.4 Å². The van der Waals surface area contributed by atoms with Gasteiger partial charge in [0.25, 0.3) is 12.9 Å². The van der Waals surface area contributed by atoms with Crippen molar-refractivity contribution in [1.82, 2.24) is 5.32 Å². The summed E-state index contributed by atoms with van der Waals surface area (Å²) in [5, 5.41) is 2.30. The number of halogens is 2. The van der Waals surface area contributed by atoms with Crippen molar-refractivity contribution in [2.45, 2.75) is 12.5 Å². The van der Waals surface area contributed by atoms with Crippen molar-refractivity contribution < 1.29 is 18.3 Å². The minimum absolute atomic E-state index is 0.146. The van der Waals surface area contributed by atoms with E-state index in [9.17, 15) is 13.6 Å². The van der Waals surface area contributed by atoms with E-state index in [1.807, 2.05) is 0 Å². The average molecular weight is 153 g/mol. The Hall–Kier alpha value is -0.710. The molecule has 5 heteroatoms. The Morgan fingerprint density at radius 1 is 1.70 bits per heavy atom. The van der Waals surface area contributed by atoms with E-state index >= 15 is 0 Å². The van der Waals surface area contributed by atoms with Crippen LogP contribution in [0.2, 0.25) is 0 Å². The summed E-state index contributed by atoms with van der Waals surface area (Å²) < 4.78 is 27.7. The van der Waals surface area contributed by atoms with Crippen molar-refractivity contribution in [2.24, 2.45) is 0 Å². The fourth-order valence-electron chi connectivity index (χ4n) is 0.425. The number of likely N-dealkylation sites (N-methyl/N-ethyl adjacent to an activating group) is 1. The lowest BCUT2D eigenvalue weighted by Gasteiger charge is -2.12. The van der Waals surface area contributed by atoms with Crippen molar-refractivity contribution in [3.05, 3.63) is 0 Å². The van der Waals surface area contributed by atoms with E-state index in [0.717, 1.165) is 0 Å². The van der Waals surface area contributed by atoms with Crippen LogP contribution in [0.5, 0.6) is 0 Å². The van der Waals surface area contributed by atoms with Gasteiger partial charge < -0.3 is 10.1 Å². The first-order valence-corrected chi connectivity index (χ1v) is 2.73. The van der Waals surface area contributed by atoms with Gasteiger partial charge >= 0.3 is 0 Å². The summed E-state index contributed by atoms with van der Waals surface area (Å²) in [6.45, 7) is -0.148. The molecule has 1 atom stereocenters. The molecule has 0 heterocycles. The van der Waals surface area contributed by atoms with Gasteiger partial charge in [0.15, 0.2) is 0 Å². The van der Waals surface area contributed by atoms with Gasteiger partial charge in [0.1, 0.15) is 12.6 Å². The summed E-state index contributed by atoms with van der Waals surface area (Å²) in [5.41, 5.74) is 0. The zero-order chi connectivity index (χ0) is 7.98. The first kappa shape index (κ1) is 9.29. The highest BCUT2D eigenvalue weighted by Crippen LogP contribution is 1.99. The van der Waals surface area contributed by atoms with Crippen molar-refractivity contribution in [1.29, 1.82) is 0 Å². The van der Waals surface area contributed by atoms with Gasteiger partial charge in [-0.1, -0.05) is 0 Å². The predicted octanol–water partition coefficient (Wildman–Crippen LogP) is 0.0125. The first-order chi connectivity index (χ1) is 4.72. The van der Waals surface area contributed by atoms with Crippen molar-refractivity contribution in [2.75, 3.05) is 13.7 Å². The van der Waals surface area contributed by atoms with Gasteiger partial charge in [-0.15, -0.1) is 0 Å². The molecule has 0 fully saturated rings. The molecule has 10 heavy (non-hydrogen) atoms. The highest BCUT2D eigenvalue weighted by molar-refractivity contribution is 5.36. The molecule has 0 saturated heterocycles. The highest BCUT2D eigenvalue weighted by atomic mass is 19.3. The molecular formula is C5H9F2NO2. The van der Waals surface area contributed by atoms with E-state index in [1.165, 1.54) is 7.05 Å². The maximum Gasteiger partial charge on any atom is 0.293 e. The van der Waals surface area contributed by atoms with Crippen molar-refractivity contribution >= 4 is 6.47 Å². The van der Waals surface area contributed by atoms with Crippen LogP contribution < -0.4 is 5.32 Å². The van der Waals surface area contributed by atoms with E-state index in [0.29, 0.717) is 0 Å². The summed E-state index contributed by atoms with van der Waals surface area (Å²) in [6, 6.07) is -1.06. The number of carbonyl (C=O) groups is 1. The van der Waals surface area contributed by atoms with Crippen LogP contribution in [0, 0.1) is 0 Å². The topological polar surface area (TPSA) is 38.3 Å². The zero-order valence-corrected chi connectivity index (χ0v) is 5.51. The second-order valence-electron chi connectivity index (χ2n) is 1.66. The lowest BCUT2D eigenvalue weighted by atomic mass is 10.3. The van der Waals surface area contributed by atoms with E-state index in [2.05, 4.69) is 10.1 Å². The van der Waals surface area contributed by atoms with Crippen LogP contribution in [-0.2, 0) is 9.53 Å². The van der Waals surface area contributed by atoms with Crippen LogP contribution in [0.15, 0.2) is 0 Å². The molecule has 0 aromatic rings. The number of nitrogens with one attached hydrogen (secondary N) is 1. The van der Waals surface area contributed by atoms with Crippen molar-refractivity contribution in [3.8, 4) is 0 Å². The second kappa shape index (κ2) is 5.10. The van der Waals surface area contributed by atoms with Gasteiger partial charge in [-0.2, -0.15) is 0 Å². The molecule has 0 aromatic carbocycles. The third-order valence-corrected chi connectivity index (χ3v) is 1.02. The average Bonchev–Trinajstić information content (AvgIpc) is 1.89. The molecule has 3 nitrogen and oxygen atoms in total. The minimum atomic E-state index is -2.51. The van der Waals surface area contributed by atoms with E-state index in [-0.39, 0.29) is 13.1 Å². The molecule has 0 rings (SSSR count). The smallest absolute Gasteiger partial charge is 0.293 e. The molecule has 1 unspecified atom stereocenters. The molecule has 0 aliphatic rings. The Bertz CT molecular complexity index is 99.6. The fraction of sp³-hybridized carbons (Fsp3) is 0.800. The summed E-state index contributed by atoms with van der Waals surface area (Å²) in [6.07, 6.45) is -2.51. The summed E-state index contributed by atoms with van der Waals surface area (Å²) in [5.74, 6) is 0. The van der Waals surface area contributed by atoms with Crippen LogP contribution in [0.4, 0.5) is 8.78 Å². The third kappa shape index (κ3) is 3.34. The number of hydrogen-bond acceptors (Lipinski definition) is 3. The molecule has 0 aromatic heterocycles. The normalized spacial score (nSPS) is 13.2. The molecule has 0 aliphatic heterocycles. The lowest BCUT2D eigenvalue weighted by Crippen LogP contribution is -2.36. The van der Waals surface area contributed by atoms with Gasteiger partial charge in [-0.3, -0.25) is 4.79 Å². The van der Waals surface area contributed by atoms with E-state index in [4.69, 9.17) is 0 Å². The Morgan fingerprint density at radius 3 is 2.60 bits per heavy atom. The molecule has 0 spiro atoms. The predicted molar refractivity (Wildman–Crippen MR) is 30.9 cm³/mol. The molecule has 60 valence electrons. The van der Waals surface area contributed by atoms with Gasteiger partial charge in [0, 0.05) is 0 Å². The van der Waals surface area contributed by atoms with E-state index < -0.39 is 12.5 Å². The standard InChI is InChI=1S/C5H9F2NO2/c1-8-4(5(6)7)2-10-3-9/h3-5,8H,2H2,1H3. The van der Waals surface area contributed by atoms with Crippen LogP contribution in [0.3, 0.4) is 0 Å². The van der Waals surface area contributed by atoms with Crippen LogP contribution in [0.25, 0.3) is 0 Å². The molecule has 0 aliphatic carbocycles. The molecular weight excluding hydrogens is 144 g/mol. The summed E-state index contributed by atoms with van der Waals surface area (Å²) in [7, 11) is 1.38. The number of rotatable bonds is 5. The van der Waals surface area contributed by atoms with Gasteiger partial charge in [-0.25, -0.2) is 8.78 Å². The summed E-state index contributed by atoms with van der Waals surface area (Å²) in [4.78, 5) is 9.55. The minimum Gasteiger partial charge on any atom is -0.466 e. The van der Waals surface area contributed by atoms with E-state index in [1.54, 1.807) is 0 Å². The maximum atomic E-state index is 11.8. The second-order valence-corrected chi connectivity index (χ2v) is 1.66. The number of carbonyl (C=O) groups excluding carboxylic acids is 1. The summed E-state index contributed by atoms with van der Waals surface area (Å²) >= 11 is 0. The molecule has 0 amide bonds. The highest BCUT2D eigenvalue weighted by Gasteiger charge is 2.17. The zero-order valence-electron chi connectivity index (χ0n) is 5.51. The molecule has 0 saturated carbocycles. The molecule has 0 bridgehead atoms. The monoisotopic (exact) mass is 153 g/mol. The molecule has 1 N–H and O–H groups in total. The first-order valence-electron chi connectivity index (χ1n) is 2.73. The van der Waals surface area contributed by atoms with Crippen LogP contribution in [-0.4, -0.2) is 32.6 Å². The number of alkyl halides is 2. The number of hydrogen-bond donors (Lipinski definition) is 1. The third-order valence-electron chi connectivity index (χ3n) is 1.02. The molecule has 0 radical (unpaired) electrons. The fourth-order valence-corrected chi connectivity index (χ4v) is 0.425. The Balaban J connectivity index is 3.49. The quantitative estimate of drug-likeness (QED) is 0.565. The number of ether oxygens (including phenoxy) is 1.